The maximum Gasteiger partial charge on any atom is 0.120 e. The van der Waals surface area contributed by atoms with Crippen molar-refractivity contribution in [1.29, 1.82) is 0 Å². The quantitative estimate of drug-likeness (QED) is 0.706. The van der Waals surface area contributed by atoms with Crippen molar-refractivity contribution in [3.8, 4) is 5.75 Å². The Hall–Kier alpha value is -1.25. The van der Waals surface area contributed by atoms with Crippen LogP contribution >= 0.6 is 12.4 Å². The van der Waals surface area contributed by atoms with Gasteiger partial charge in [-0.25, -0.2) is 0 Å². The van der Waals surface area contributed by atoms with Gasteiger partial charge in [-0.3, -0.25) is 4.90 Å². The lowest BCUT2D eigenvalue weighted by molar-refractivity contribution is 0.254. The summed E-state index contributed by atoms with van der Waals surface area (Å²) in [5, 5.41) is 12.6. The number of aromatic hydroxyl groups is 1. The number of benzene rings is 2. The number of unbranched alkanes of at least 4 members (excludes halogenated alkanes) is 2. The monoisotopic (exact) mass is 321 g/mol. The number of phenolic OH excluding ortho intramolecular Hbond substituents is 1. The summed E-state index contributed by atoms with van der Waals surface area (Å²) in [7, 11) is 0. The lowest BCUT2D eigenvalue weighted by Crippen LogP contribution is -2.25. The largest absolute Gasteiger partial charge is 0.508 e. The van der Waals surface area contributed by atoms with Crippen molar-refractivity contribution in [3.63, 3.8) is 0 Å². The third kappa shape index (κ3) is 5.19. The molecule has 2 aromatic rings. The van der Waals surface area contributed by atoms with Gasteiger partial charge in [-0.1, -0.05) is 51.0 Å². The van der Waals surface area contributed by atoms with Crippen LogP contribution in [0.15, 0.2) is 36.4 Å². The smallest absolute Gasteiger partial charge is 0.120 e. The second-order valence-electron chi connectivity index (χ2n) is 5.81. The lowest BCUT2D eigenvalue weighted by atomic mass is 10.1. The van der Waals surface area contributed by atoms with E-state index in [0.29, 0.717) is 5.75 Å². The van der Waals surface area contributed by atoms with E-state index >= 15 is 0 Å². The van der Waals surface area contributed by atoms with Gasteiger partial charge >= 0.3 is 0 Å². The number of hydrogen-bond acceptors (Lipinski definition) is 2. The van der Waals surface area contributed by atoms with E-state index in [1.54, 1.807) is 0 Å². The van der Waals surface area contributed by atoms with E-state index in [2.05, 4.69) is 36.9 Å². The molecule has 3 heteroatoms. The van der Waals surface area contributed by atoms with Crippen molar-refractivity contribution < 1.29 is 5.11 Å². The standard InChI is InChI=1S/C19H27NO.ClH/c1-3-5-11-20(12-6-4-2)15-18-13-16-9-7-8-10-17(16)14-19(18)21;/h7-10,13-14,21H,3-6,11-12,15H2,1-2H3;1H. The van der Waals surface area contributed by atoms with Gasteiger partial charge in [0, 0.05) is 12.1 Å². The molecule has 122 valence electrons. The molecular weight excluding hydrogens is 294 g/mol. The fourth-order valence-electron chi connectivity index (χ4n) is 2.68. The molecule has 0 aliphatic carbocycles. The Kier molecular flexibility index (Phi) is 8.29. The molecule has 0 aliphatic rings. The number of halogens is 1. The van der Waals surface area contributed by atoms with Gasteiger partial charge in [0.05, 0.1) is 0 Å². The van der Waals surface area contributed by atoms with Crippen LogP contribution in [0.2, 0.25) is 0 Å². The maximum absolute atomic E-state index is 10.3. The first-order valence-corrected chi connectivity index (χ1v) is 8.17. The van der Waals surface area contributed by atoms with Crippen molar-refractivity contribution in [2.75, 3.05) is 13.1 Å². The van der Waals surface area contributed by atoms with E-state index in [9.17, 15) is 5.11 Å². The molecule has 0 radical (unpaired) electrons. The number of phenols is 1. The molecule has 0 aliphatic heterocycles. The Morgan fingerprint density at radius 2 is 1.45 bits per heavy atom. The Labute approximate surface area is 140 Å². The zero-order valence-corrected chi connectivity index (χ0v) is 14.5. The summed E-state index contributed by atoms with van der Waals surface area (Å²) in [6.45, 7) is 7.53. The predicted molar refractivity (Wildman–Crippen MR) is 98.0 cm³/mol. The van der Waals surface area contributed by atoms with E-state index in [1.807, 2.05) is 18.2 Å². The Morgan fingerprint density at radius 1 is 0.909 bits per heavy atom. The van der Waals surface area contributed by atoms with Crippen LogP contribution in [0.5, 0.6) is 5.75 Å². The Morgan fingerprint density at radius 3 is 2.00 bits per heavy atom. The summed E-state index contributed by atoms with van der Waals surface area (Å²) in [6, 6.07) is 12.2. The second-order valence-corrected chi connectivity index (χ2v) is 5.81. The molecule has 0 fully saturated rings. The van der Waals surface area contributed by atoms with Crippen molar-refractivity contribution >= 4 is 23.2 Å². The van der Waals surface area contributed by atoms with Crippen LogP contribution < -0.4 is 0 Å². The maximum atomic E-state index is 10.3. The molecule has 2 rings (SSSR count). The third-order valence-electron chi connectivity index (χ3n) is 4.00. The van der Waals surface area contributed by atoms with Gasteiger partial charge in [-0.15, -0.1) is 12.4 Å². The van der Waals surface area contributed by atoms with Gasteiger partial charge in [0.15, 0.2) is 0 Å². The van der Waals surface area contributed by atoms with Crippen LogP contribution in [-0.4, -0.2) is 23.1 Å². The highest BCUT2D eigenvalue weighted by molar-refractivity contribution is 5.85. The molecule has 0 saturated heterocycles. The minimum atomic E-state index is 0. The molecule has 0 amide bonds. The van der Waals surface area contributed by atoms with Crippen LogP contribution in [-0.2, 0) is 6.54 Å². The molecule has 0 saturated carbocycles. The number of fused-ring (bicyclic) bond motifs is 1. The molecule has 0 unspecified atom stereocenters. The van der Waals surface area contributed by atoms with E-state index in [0.717, 1.165) is 30.6 Å². The number of hydrogen-bond donors (Lipinski definition) is 1. The molecule has 0 heterocycles. The molecular formula is C19H28ClNO. The first-order chi connectivity index (χ1) is 10.2. The molecule has 0 spiro atoms. The second kappa shape index (κ2) is 9.70. The number of rotatable bonds is 8. The summed E-state index contributed by atoms with van der Waals surface area (Å²) >= 11 is 0. The SMILES string of the molecule is CCCCN(CCCC)Cc1cc2ccccc2cc1O.Cl. The van der Waals surface area contributed by atoms with Gasteiger partial charge in [0.1, 0.15) is 5.75 Å². The predicted octanol–water partition coefficient (Wildman–Crippen LogP) is 5.37. The molecule has 0 bridgehead atoms. The lowest BCUT2D eigenvalue weighted by Gasteiger charge is -2.22. The summed E-state index contributed by atoms with van der Waals surface area (Å²) < 4.78 is 0. The van der Waals surface area contributed by atoms with Crippen LogP contribution in [0.1, 0.15) is 45.1 Å². The van der Waals surface area contributed by atoms with Crippen molar-refractivity contribution in [2.45, 2.75) is 46.1 Å². The van der Waals surface area contributed by atoms with Crippen LogP contribution in [0.3, 0.4) is 0 Å². The fourth-order valence-corrected chi connectivity index (χ4v) is 2.68. The highest BCUT2D eigenvalue weighted by Gasteiger charge is 2.09. The summed E-state index contributed by atoms with van der Waals surface area (Å²) in [5.74, 6) is 0.423. The van der Waals surface area contributed by atoms with Crippen LogP contribution in [0, 0.1) is 0 Å². The minimum absolute atomic E-state index is 0. The van der Waals surface area contributed by atoms with Crippen molar-refractivity contribution in [2.24, 2.45) is 0 Å². The molecule has 2 nitrogen and oxygen atoms in total. The van der Waals surface area contributed by atoms with Gasteiger partial charge in [-0.2, -0.15) is 0 Å². The van der Waals surface area contributed by atoms with Gasteiger partial charge in [0.25, 0.3) is 0 Å². The van der Waals surface area contributed by atoms with Crippen molar-refractivity contribution in [1.82, 2.24) is 4.90 Å². The highest BCUT2D eigenvalue weighted by Crippen LogP contribution is 2.26. The van der Waals surface area contributed by atoms with Gasteiger partial charge in [-0.05, 0) is 48.8 Å². The van der Waals surface area contributed by atoms with Crippen molar-refractivity contribution in [3.05, 3.63) is 42.0 Å². The zero-order valence-electron chi connectivity index (χ0n) is 13.7. The molecule has 0 aromatic heterocycles. The van der Waals surface area contributed by atoms with Gasteiger partial charge < -0.3 is 5.11 Å². The topological polar surface area (TPSA) is 23.5 Å². The highest BCUT2D eigenvalue weighted by atomic mass is 35.5. The van der Waals surface area contributed by atoms with Crippen LogP contribution in [0.4, 0.5) is 0 Å². The first-order valence-electron chi connectivity index (χ1n) is 8.17. The third-order valence-corrected chi connectivity index (χ3v) is 4.00. The van der Waals surface area contributed by atoms with Crippen LogP contribution in [0.25, 0.3) is 10.8 Å². The summed E-state index contributed by atoms with van der Waals surface area (Å²) in [4.78, 5) is 2.47. The van der Waals surface area contributed by atoms with E-state index in [1.165, 1.54) is 31.1 Å². The Bertz CT molecular complexity index is 562. The molecule has 1 N–H and O–H groups in total. The average Bonchev–Trinajstić information content (AvgIpc) is 2.50. The normalized spacial score (nSPS) is 10.9. The van der Waals surface area contributed by atoms with Gasteiger partial charge in [0.2, 0.25) is 0 Å². The molecule has 0 atom stereocenters. The Balaban J connectivity index is 0.00000242. The summed E-state index contributed by atoms with van der Waals surface area (Å²) in [5.41, 5.74) is 1.04. The van der Waals surface area contributed by atoms with E-state index < -0.39 is 0 Å². The fraction of sp³-hybridized carbons (Fsp3) is 0.474. The zero-order chi connectivity index (χ0) is 15.1. The first kappa shape index (κ1) is 18.8. The summed E-state index contributed by atoms with van der Waals surface area (Å²) in [6.07, 6.45) is 4.87. The van der Waals surface area contributed by atoms with E-state index in [4.69, 9.17) is 0 Å². The molecule has 22 heavy (non-hydrogen) atoms. The average molecular weight is 322 g/mol. The minimum Gasteiger partial charge on any atom is -0.508 e. The number of nitrogens with zero attached hydrogens (tertiary/aromatic N) is 1. The van der Waals surface area contributed by atoms with E-state index in [-0.39, 0.29) is 12.4 Å². The molecule has 2 aromatic carbocycles.